The van der Waals surface area contributed by atoms with Gasteiger partial charge in [-0.15, -0.1) is 0 Å². The Morgan fingerprint density at radius 1 is 1.15 bits per heavy atom. The third-order valence-electron chi connectivity index (χ3n) is 4.22. The first kappa shape index (κ1) is 17.3. The molecule has 7 nitrogen and oxygen atoms in total. The van der Waals surface area contributed by atoms with E-state index >= 15 is 0 Å². The Bertz CT molecular complexity index is 934. The number of nitrogens with zero attached hydrogens (tertiary/aromatic N) is 3. The summed E-state index contributed by atoms with van der Waals surface area (Å²) in [6.45, 7) is 1.63. The molecular weight excluding hydrogens is 334 g/mol. The van der Waals surface area contributed by atoms with Crippen LogP contribution in [-0.2, 0) is 0 Å². The van der Waals surface area contributed by atoms with Crippen LogP contribution >= 0.6 is 0 Å². The van der Waals surface area contributed by atoms with Crippen molar-refractivity contribution in [2.24, 2.45) is 0 Å². The van der Waals surface area contributed by atoms with Crippen LogP contribution in [0.15, 0.2) is 48.8 Å². The van der Waals surface area contributed by atoms with E-state index in [1.165, 1.54) is 9.47 Å². The summed E-state index contributed by atoms with van der Waals surface area (Å²) >= 11 is 0. The molecule has 26 heavy (non-hydrogen) atoms. The molecule has 2 aromatic heterocycles. The normalized spacial score (nSPS) is 10.6. The van der Waals surface area contributed by atoms with Crippen LogP contribution in [0.5, 0.6) is 17.2 Å². The summed E-state index contributed by atoms with van der Waals surface area (Å²) in [6, 6.07) is 10.4. The van der Waals surface area contributed by atoms with Crippen LogP contribution in [0.1, 0.15) is 16.2 Å². The molecule has 0 unspecified atom stereocenters. The number of benzene rings is 1. The van der Waals surface area contributed by atoms with E-state index in [0.717, 1.165) is 0 Å². The SMILES string of the molecule is COc1ccc(-n2c(C)c(O)c(O)c2C(=O)N(C)c2cccnc2)cc1. The van der Waals surface area contributed by atoms with Gasteiger partial charge in [0.1, 0.15) is 5.75 Å². The number of ether oxygens (including phenoxy) is 1. The highest BCUT2D eigenvalue weighted by Gasteiger charge is 2.28. The highest BCUT2D eigenvalue weighted by molar-refractivity contribution is 6.07. The number of anilines is 1. The van der Waals surface area contributed by atoms with Crippen molar-refractivity contribution in [1.82, 2.24) is 9.55 Å². The summed E-state index contributed by atoms with van der Waals surface area (Å²) in [5, 5.41) is 20.6. The Balaban J connectivity index is 2.12. The predicted molar refractivity (Wildman–Crippen MR) is 97.4 cm³/mol. The zero-order valence-corrected chi connectivity index (χ0v) is 14.7. The fraction of sp³-hybridized carbons (Fsp3) is 0.158. The predicted octanol–water partition coefficient (Wildman–Crippen LogP) is 2.88. The number of carbonyl (C=O) groups excluding carboxylic acids is 1. The third-order valence-corrected chi connectivity index (χ3v) is 4.22. The molecule has 0 atom stereocenters. The van der Waals surface area contributed by atoms with Crippen molar-refractivity contribution < 1.29 is 19.7 Å². The quantitative estimate of drug-likeness (QED) is 0.753. The molecule has 0 aliphatic carbocycles. The number of pyridine rings is 1. The van der Waals surface area contributed by atoms with E-state index in [-0.39, 0.29) is 11.4 Å². The van der Waals surface area contributed by atoms with E-state index < -0.39 is 11.7 Å². The summed E-state index contributed by atoms with van der Waals surface area (Å²) in [5.74, 6) is -0.607. The van der Waals surface area contributed by atoms with Crippen LogP contribution in [0.2, 0.25) is 0 Å². The van der Waals surface area contributed by atoms with Crippen molar-refractivity contribution in [3.8, 4) is 22.9 Å². The van der Waals surface area contributed by atoms with Gasteiger partial charge in [-0.05, 0) is 43.3 Å². The highest BCUT2D eigenvalue weighted by Crippen LogP contribution is 2.38. The first-order valence-corrected chi connectivity index (χ1v) is 7.91. The largest absolute Gasteiger partial charge is 0.503 e. The van der Waals surface area contributed by atoms with Gasteiger partial charge in [0.25, 0.3) is 5.91 Å². The molecule has 0 spiro atoms. The van der Waals surface area contributed by atoms with Gasteiger partial charge in [-0.2, -0.15) is 0 Å². The number of carbonyl (C=O) groups is 1. The van der Waals surface area contributed by atoms with Crippen molar-refractivity contribution in [3.63, 3.8) is 0 Å². The second-order valence-electron chi connectivity index (χ2n) is 5.74. The molecule has 1 amide bonds. The number of amides is 1. The van der Waals surface area contributed by atoms with Gasteiger partial charge in [0, 0.05) is 18.9 Å². The number of aromatic hydroxyl groups is 2. The van der Waals surface area contributed by atoms with Crippen molar-refractivity contribution >= 4 is 11.6 Å². The fourth-order valence-electron chi connectivity index (χ4n) is 2.74. The monoisotopic (exact) mass is 353 g/mol. The minimum absolute atomic E-state index is 0.0310. The maximum atomic E-state index is 13.0. The number of rotatable bonds is 4. The van der Waals surface area contributed by atoms with Gasteiger partial charge >= 0.3 is 0 Å². The van der Waals surface area contributed by atoms with E-state index in [9.17, 15) is 15.0 Å². The summed E-state index contributed by atoms with van der Waals surface area (Å²) in [7, 11) is 3.14. The van der Waals surface area contributed by atoms with E-state index in [1.54, 1.807) is 69.9 Å². The average molecular weight is 353 g/mol. The fourth-order valence-corrected chi connectivity index (χ4v) is 2.74. The number of aromatic nitrogens is 2. The maximum absolute atomic E-state index is 13.0. The van der Waals surface area contributed by atoms with Crippen LogP contribution in [0.25, 0.3) is 5.69 Å². The summed E-state index contributed by atoms with van der Waals surface area (Å²) < 4.78 is 6.66. The lowest BCUT2D eigenvalue weighted by Crippen LogP contribution is -2.28. The third kappa shape index (κ3) is 2.83. The van der Waals surface area contributed by atoms with Crippen molar-refractivity contribution in [2.75, 3.05) is 19.1 Å². The molecule has 3 aromatic rings. The number of methoxy groups -OCH3 is 1. The van der Waals surface area contributed by atoms with Crippen LogP contribution in [-0.4, -0.2) is 39.8 Å². The zero-order valence-electron chi connectivity index (χ0n) is 14.7. The van der Waals surface area contributed by atoms with Crippen LogP contribution < -0.4 is 9.64 Å². The van der Waals surface area contributed by atoms with Gasteiger partial charge in [-0.3, -0.25) is 9.78 Å². The standard InChI is InChI=1S/C19H19N3O4/c1-12-17(23)18(24)16(19(25)21(2)14-5-4-10-20-11-14)22(12)13-6-8-15(26-3)9-7-13/h4-11,23-24H,1-3H3. The van der Waals surface area contributed by atoms with Gasteiger partial charge < -0.3 is 24.4 Å². The Morgan fingerprint density at radius 2 is 1.85 bits per heavy atom. The van der Waals surface area contributed by atoms with Gasteiger partial charge in [0.05, 0.1) is 24.7 Å². The lowest BCUT2D eigenvalue weighted by atomic mass is 10.2. The molecule has 2 N–H and O–H groups in total. The smallest absolute Gasteiger partial charge is 0.279 e. The molecule has 0 aliphatic heterocycles. The molecular formula is C19H19N3O4. The lowest BCUT2D eigenvalue weighted by molar-refractivity contribution is 0.0983. The van der Waals surface area contributed by atoms with E-state index in [1.807, 2.05) is 0 Å². The average Bonchev–Trinajstić information content (AvgIpc) is 2.91. The molecule has 1 aromatic carbocycles. The first-order valence-electron chi connectivity index (χ1n) is 7.91. The Morgan fingerprint density at radius 3 is 2.42 bits per heavy atom. The first-order chi connectivity index (χ1) is 12.5. The molecule has 0 saturated carbocycles. The van der Waals surface area contributed by atoms with Crippen molar-refractivity contribution in [1.29, 1.82) is 0 Å². The molecule has 0 bridgehead atoms. The molecule has 3 rings (SSSR count). The van der Waals surface area contributed by atoms with Crippen LogP contribution in [0.3, 0.4) is 0 Å². The van der Waals surface area contributed by atoms with Gasteiger partial charge in [-0.1, -0.05) is 0 Å². The minimum Gasteiger partial charge on any atom is -0.503 e. The Kier molecular flexibility index (Phi) is 4.53. The Hall–Kier alpha value is -3.48. The van der Waals surface area contributed by atoms with Gasteiger partial charge in [0.15, 0.2) is 17.2 Å². The molecule has 0 fully saturated rings. The van der Waals surface area contributed by atoms with Crippen LogP contribution in [0, 0.1) is 6.92 Å². The van der Waals surface area contributed by atoms with E-state index in [4.69, 9.17) is 4.74 Å². The van der Waals surface area contributed by atoms with E-state index in [2.05, 4.69) is 4.98 Å². The summed E-state index contributed by atoms with van der Waals surface area (Å²) in [6.07, 6.45) is 3.15. The molecule has 7 heteroatoms. The number of hydrogen-bond donors (Lipinski definition) is 2. The Labute approximate surface area is 150 Å². The molecule has 0 saturated heterocycles. The topological polar surface area (TPSA) is 87.8 Å². The van der Waals surface area contributed by atoms with Gasteiger partial charge in [-0.25, -0.2) is 0 Å². The number of hydrogen-bond acceptors (Lipinski definition) is 5. The molecule has 0 radical (unpaired) electrons. The highest BCUT2D eigenvalue weighted by atomic mass is 16.5. The van der Waals surface area contributed by atoms with Crippen molar-refractivity contribution in [3.05, 3.63) is 60.2 Å². The maximum Gasteiger partial charge on any atom is 0.279 e. The molecule has 2 heterocycles. The van der Waals surface area contributed by atoms with Crippen LogP contribution in [0.4, 0.5) is 5.69 Å². The lowest BCUT2D eigenvalue weighted by Gasteiger charge is -2.19. The summed E-state index contributed by atoms with van der Waals surface area (Å²) in [5.41, 5.74) is 1.51. The van der Waals surface area contributed by atoms with Crippen molar-refractivity contribution in [2.45, 2.75) is 6.92 Å². The summed E-state index contributed by atoms with van der Waals surface area (Å²) in [4.78, 5) is 18.4. The minimum atomic E-state index is -0.477. The molecule has 134 valence electrons. The zero-order chi connectivity index (χ0) is 18.8. The second-order valence-corrected chi connectivity index (χ2v) is 5.74. The van der Waals surface area contributed by atoms with Gasteiger partial charge in [0.2, 0.25) is 0 Å². The van der Waals surface area contributed by atoms with E-state index in [0.29, 0.717) is 22.8 Å². The molecule has 0 aliphatic rings. The second kappa shape index (κ2) is 6.79.